The second kappa shape index (κ2) is 9.28. The highest BCUT2D eigenvalue weighted by molar-refractivity contribution is 7.99. The van der Waals surface area contributed by atoms with Gasteiger partial charge >= 0.3 is 0 Å². The summed E-state index contributed by atoms with van der Waals surface area (Å²) < 4.78 is 0. The van der Waals surface area contributed by atoms with Crippen LogP contribution in [-0.2, 0) is 9.59 Å². The summed E-state index contributed by atoms with van der Waals surface area (Å²) in [7, 11) is 0. The van der Waals surface area contributed by atoms with E-state index in [9.17, 15) is 14.4 Å². The average Bonchev–Trinajstić information content (AvgIpc) is 2.75. The molecular formula is C21H27N3O3S. The molecule has 0 spiro atoms. The molecule has 150 valence electrons. The van der Waals surface area contributed by atoms with Gasteiger partial charge in [-0.1, -0.05) is 12.6 Å². The number of benzene rings is 1. The van der Waals surface area contributed by atoms with E-state index in [1.165, 1.54) is 6.08 Å². The van der Waals surface area contributed by atoms with Gasteiger partial charge < -0.3 is 15.1 Å². The Balaban J connectivity index is 1.64. The molecule has 1 aromatic rings. The van der Waals surface area contributed by atoms with E-state index in [1.807, 2.05) is 41.8 Å². The number of carbonyl (C=O) groups is 3. The fourth-order valence-corrected chi connectivity index (χ4v) is 4.57. The van der Waals surface area contributed by atoms with E-state index in [-0.39, 0.29) is 23.6 Å². The van der Waals surface area contributed by atoms with Gasteiger partial charge in [-0.15, -0.1) is 0 Å². The van der Waals surface area contributed by atoms with Crippen LogP contribution < -0.4 is 5.32 Å². The molecule has 0 bridgehead atoms. The third-order valence-electron chi connectivity index (χ3n) is 5.47. The minimum Gasteiger partial charge on any atom is -0.339 e. The fraction of sp³-hybridized carbons (Fsp3) is 0.476. The molecular weight excluding hydrogens is 374 g/mol. The normalized spacial score (nSPS) is 17.9. The molecule has 1 aromatic carbocycles. The lowest BCUT2D eigenvalue weighted by Crippen LogP contribution is -2.40. The zero-order chi connectivity index (χ0) is 20.1. The third-order valence-corrected chi connectivity index (χ3v) is 6.41. The van der Waals surface area contributed by atoms with Gasteiger partial charge in [0.2, 0.25) is 11.8 Å². The van der Waals surface area contributed by atoms with Crippen molar-refractivity contribution in [1.29, 1.82) is 0 Å². The van der Waals surface area contributed by atoms with Crippen LogP contribution in [0.5, 0.6) is 0 Å². The van der Waals surface area contributed by atoms with Crippen LogP contribution >= 0.6 is 11.8 Å². The molecule has 2 aliphatic rings. The van der Waals surface area contributed by atoms with Crippen molar-refractivity contribution in [2.24, 2.45) is 5.92 Å². The highest BCUT2D eigenvalue weighted by atomic mass is 32.2. The topological polar surface area (TPSA) is 69.7 Å². The predicted molar refractivity (Wildman–Crippen MR) is 113 cm³/mol. The Kier molecular flexibility index (Phi) is 6.78. The first kappa shape index (κ1) is 20.5. The number of hydrogen-bond acceptors (Lipinski definition) is 4. The van der Waals surface area contributed by atoms with Crippen LogP contribution in [0.2, 0.25) is 0 Å². The number of hydrogen-bond donors (Lipinski definition) is 1. The maximum Gasteiger partial charge on any atom is 0.254 e. The van der Waals surface area contributed by atoms with Crippen molar-refractivity contribution in [3.8, 4) is 0 Å². The summed E-state index contributed by atoms with van der Waals surface area (Å²) in [6.07, 6.45) is 2.58. The van der Waals surface area contributed by atoms with E-state index >= 15 is 0 Å². The molecule has 3 amide bonds. The number of rotatable bonds is 4. The molecule has 2 heterocycles. The van der Waals surface area contributed by atoms with Crippen molar-refractivity contribution in [2.75, 3.05) is 43.0 Å². The van der Waals surface area contributed by atoms with Crippen LogP contribution in [0, 0.1) is 12.8 Å². The van der Waals surface area contributed by atoms with Crippen LogP contribution in [0.4, 0.5) is 5.69 Å². The summed E-state index contributed by atoms with van der Waals surface area (Å²) in [6, 6.07) is 5.49. The number of nitrogens with zero attached hydrogens (tertiary/aromatic N) is 2. The Labute approximate surface area is 170 Å². The van der Waals surface area contributed by atoms with Crippen molar-refractivity contribution in [3.05, 3.63) is 42.0 Å². The van der Waals surface area contributed by atoms with E-state index in [4.69, 9.17) is 0 Å². The summed E-state index contributed by atoms with van der Waals surface area (Å²) in [5.41, 5.74) is 2.14. The number of anilines is 1. The van der Waals surface area contributed by atoms with E-state index in [0.29, 0.717) is 37.2 Å². The molecule has 0 atom stereocenters. The molecule has 2 fully saturated rings. The smallest absolute Gasteiger partial charge is 0.254 e. The summed E-state index contributed by atoms with van der Waals surface area (Å²) in [5.74, 6) is 1.70. The van der Waals surface area contributed by atoms with Gasteiger partial charge in [-0.2, -0.15) is 11.8 Å². The lowest BCUT2D eigenvalue weighted by atomic mass is 9.95. The fourth-order valence-electron chi connectivity index (χ4n) is 3.67. The zero-order valence-electron chi connectivity index (χ0n) is 16.3. The molecule has 6 nitrogen and oxygen atoms in total. The van der Waals surface area contributed by atoms with Gasteiger partial charge in [0.05, 0.1) is 0 Å². The number of carbonyl (C=O) groups excluding carboxylic acids is 3. The minimum atomic E-state index is -0.133. The molecule has 1 N–H and O–H groups in total. The predicted octanol–water partition coefficient (Wildman–Crippen LogP) is 2.55. The molecule has 0 saturated carbocycles. The molecule has 2 aliphatic heterocycles. The zero-order valence-corrected chi connectivity index (χ0v) is 17.1. The van der Waals surface area contributed by atoms with Gasteiger partial charge in [0.25, 0.3) is 5.91 Å². The molecule has 0 aliphatic carbocycles. The maximum atomic E-state index is 12.8. The summed E-state index contributed by atoms with van der Waals surface area (Å²) in [5, 5.41) is 3.00. The number of thioether (sulfide) groups is 1. The van der Waals surface area contributed by atoms with Crippen LogP contribution in [0.1, 0.15) is 28.8 Å². The van der Waals surface area contributed by atoms with Gasteiger partial charge in [0.15, 0.2) is 0 Å². The molecule has 7 heteroatoms. The van der Waals surface area contributed by atoms with Crippen molar-refractivity contribution < 1.29 is 14.4 Å². The SMILES string of the molecule is C=CC(=O)N1CCC(C(=O)Nc2cccc(C(=O)N3CCSCC3)c2C)CC1. The van der Waals surface area contributed by atoms with Crippen molar-refractivity contribution in [2.45, 2.75) is 19.8 Å². The van der Waals surface area contributed by atoms with E-state index in [1.54, 1.807) is 4.90 Å². The highest BCUT2D eigenvalue weighted by Gasteiger charge is 2.27. The van der Waals surface area contributed by atoms with Gasteiger partial charge in [-0.05, 0) is 43.5 Å². The molecule has 28 heavy (non-hydrogen) atoms. The van der Waals surface area contributed by atoms with Crippen LogP contribution in [0.3, 0.4) is 0 Å². The van der Waals surface area contributed by atoms with Crippen LogP contribution in [-0.4, -0.2) is 65.2 Å². The van der Waals surface area contributed by atoms with Gasteiger partial charge in [0, 0.05) is 54.9 Å². The molecule has 3 rings (SSSR count). The lowest BCUT2D eigenvalue weighted by Gasteiger charge is -2.31. The maximum absolute atomic E-state index is 12.8. The second-order valence-corrected chi connectivity index (χ2v) is 8.40. The summed E-state index contributed by atoms with van der Waals surface area (Å²) in [6.45, 7) is 8.05. The second-order valence-electron chi connectivity index (χ2n) is 7.18. The first-order valence-corrected chi connectivity index (χ1v) is 10.9. The molecule has 2 saturated heterocycles. The number of nitrogens with one attached hydrogen (secondary N) is 1. The lowest BCUT2D eigenvalue weighted by molar-refractivity contribution is -0.130. The summed E-state index contributed by atoms with van der Waals surface area (Å²) in [4.78, 5) is 40.8. The van der Waals surface area contributed by atoms with E-state index in [0.717, 1.165) is 30.2 Å². The quantitative estimate of drug-likeness (QED) is 0.788. The van der Waals surface area contributed by atoms with Crippen LogP contribution in [0.15, 0.2) is 30.9 Å². The van der Waals surface area contributed by atoms with Crippen molar-refractivity contribution >= 4 is 35.2 Å². The van der Waals surface area contributed by atoms with Crippen molar-refractivity contribution in [1.82, 2.24) is 9.80 Å². The Hall–Kier alpha value is -2.28. The van der Waals surface area contributed by atoms with Gasteiger partial charge in [-0.3, -0.25) is 14.4 Å². The minimum absolute atomic E-state index is 0.0325. The van der Waals surface area contributed by atoms with E-state index in [2.05, 4.69) is 11.9 Å². The molecule has 0 radical (unpaired) electrons. The molecule has 0 unspecified atom stereocenters. The highest BCUT2D eigenvalue weighted by Crippen LogP contribution is 2.24. The largest absolute Gasteiger partial charge is 0.339 e. The van der Waals surface area contributed by atoms with E-state index < -0.39 is 0 Å². The number of amides is 3. The third kappa shape index (κ3) is 4.58. The Morgan fingerprint density at radius 2 is 1.79 bits per heavy atom. The number of piperidine rings is 1. The van der Waals surface area contributed by atoms with Crippen molar-refractivity contribution in [3.63, 3.8) is 0 Å². The summed E-state index contributed by atoms with van der Waals surface area (Å²) >= 11 is 1.87. The first-order valence-electron chi connectivity index (χ1n) is 9.70. The van der Waals surface area contributed by atoms with Gasteiger partial charge in [0.1, 0.15) is 0 Å². The molecule has 0 aromatic heterocycles. The van der Waals surface area contributed by atoms with Crippen LogP contribution in [0.25, 0.3) is 0 Å². The first-order chi connectivity index (χ1) is 13.5. The van der Waals surface area contributed by atoms with Gasteiger partial charge in [-0.25, -0.2) is 0 Å². The Morgan fingerprint density at radius 3 is 2.43 bits per heavy atom. The number of likely N-dealkylation sites (tertiary alicyclic amines) is 1. The standard InChI is InChI=1S/C21H27N3O3S/c1-3-19(25)23-9-7-16(8-10-23)20(26)22-18-6-4-5-17(15(18)2)21(27)24-11-13-28-14-12-24/h3-6,16H,1,7-14H2,2H3,(H,22,26). The Bertz CT molecular complexity index is 766. The monoisotopic (exact) mass is 401 g/mol. The Morgan fingerprint density at radius 1 is 1.11 bits per heavy atom. The average molecular weight is 402 g/mol.